The third kappa shape index (κ3) is 18.5. The Morgan fingerprint density at radius 1 is 0.440 bits per heavy atom. The highest BCUT2D eigenvalue weighted by Crippen LogP contribution is 2.39. The number of nitrogens with zero attached hydrogens (tertiary/aromatic N) is 15. The summed E-state index contributed by atoms with van der Waals surface area (Å²) in [6, 6.07) is 60.9. The van der Waals surface area contributed by atoms with Gasteiger partial charge in [0.1, 0.15) is 28.9 Å². The molecular weight excluding hydrogens is 1360 g/mol. The molecule has 0 spiro atoms. The molecule has 6 aromatic carbocycles. The van der Waals surface area contributed by atoms with E-state index >= 15 is 0 Å². The Hall–Kier alpha value is -11.3. The minimum Gasteiger partial charge on any atom is -0.494 e. The number of rotatable bonds is 21. The van der Waals surface area contributed by atoms with E-state index in [0.29, 0.717) is 18.9 Å². The van der Waals surface area contributed by atoms with Crippen molar-refractivity contribution in [2.24, 2.45) is 0 Å². The van der Waals surface area contributed by atoms with Crippen molar-refractivity contribution in [2.45, 2.75) is 97.3 Å². The number of hydrogen-bond acceptors (Lipinski definition) is 17. The number of ketones is 1. The van der Waals surface area contributed by atoms with Crippen LogP contribution < -0.4 is 34.8 Å². The summed E-state index contributed by atoms with van der Waals surface area (Å²) in [4.78, 5) is 66.0. The molecule has 9 heterocycles. The summed E-state index contributed by atoms with van der Waals surface area (Å²) in [5.41, 5.74) is 13.3. The van der Waals surface area contributed by atoms with Crippen LogP contribution in [-0.4, -0.2) is 182 Å². The zero-order valence-electron chi connectivity index (χ0n) is 63.9. The number of ether oxygens (including phenoxy) is 2. The molecule has 3 unspecified atom stereocenters. The van der Waals surface area contributed by atoms with E-state index in [1.54, 1.807) is 28.1 Å². The third-order valence-corrected chi connectivity index (χ3v) is 20.7. The third-order valence-electron chi connectivity index (χ3n) is 20.7. The van der Waals surface area contributed by atoms with Crippen molar-refractivity contribution in [2.75, 3.05) is 114 Å². The number of amides is 2. The maximum atomic E-state index is 13.0. The Kier molecular flexibility index (Phi) is 25.1. The summed E-state index contributed by atoms with van der Waals surface area (Å²) >= 11 is 0. The molecule has 0 radical (unpaired) electrons. The van der Waals surface area contributed by atoms with Gasteiger partial charge in [0.05, 0.1) is 82.7 Å². The summed E-state index contributed by atoms with van der Waals surface area (Å²) in [7, 11) is 3.41. The number of anilines is 3. The molecule has 3 saturated heterocycles. The van der Waals surface area contributed by atoms with Gasteiger partial charge in [-0.1, -0.05) is 86.6 Å². The number of methoxy groups -OCH3 is 2. The van der Waals surface area contributed by atoms with E-state index in [-0.39, 0.29) is 41.8 Å². The van der Waals surface area contributed by atoms with Crippen LogP contribution in [0.2, 0.25) is 0 Å². The Labute approximate surface area is 639 Å². The number of pyridine rings is 3. The normalized spacial score (nSPS) is 15.6. The fraction of sp³-hybridized carbons (Fsp3) is 0.345. The second-order valence-electron chi connectivity index (χ2n) is 28.8. The summed E-state index contributed by atoms with van der Waals surface area (Å²) in [6.45, 7) is 22.5. The van der Waals surface area contributed by atoms with Gasteiger partial charge >= 0.3 is 0 Å². The van der Waals surface area contributed by atoms with Gasteiger partial charge in [-0.3, -0.25) is 44.0 Å². The Morgan fingerprint density at radius 3 is 1.37 bits per heavy atom. The number of benzene rings is 6. The maximum Gasteiger partial charge on any atom is 0.222 e. The summed E-state index contributed by atoms with van der Waals surface area (Å²) in [5, 5.41) is 24.1. The van der Waals surface area contributed by atoms with E-state index in [1.165, 1.54) is 16.6 Å². The van der Waals surface area contributed by atoms with Gasteiger partial charge in [0.25, 0.3) is 0 Å². The number of hydrogen-bond donors (Lipinski definition) is 2. The first kappa shape index (κ1) is 75.9. The van der Waals surface area contributed by atoms with Crippen LogP contribution in [0.1, 0.15) is 114 Å². The Bertz CT molecular complexity index is 4990. The number of carbonyl (C=O) groups excluding carboxylic acids is 3. The standard InChI is InChI=1S/C32H40N6O.C28H32N6O2.C27H29N5O2/c1-23(2)26-20-25-10-8-14-33-32(25)30(21-26)37-16-9-15-36(18-19-37)29(22-31(39)34-24(3)4)28-13-17-38(35-28)27-11-6-5-7-12-27;1-21(35)30-20-25(24-13-17-34(31-24)23-9-4-3-5-10-23)32-15-7-16-33(19-18-32)28-26(36-2)12-11-22-8-6-14-29-27(22)28;1-20(33)26(23-13-17-32(29-23)22-9-4-3-5-10-22)30-15-7-16-31(19-18-30)27-24(34-2)12-11-21-8-6-14-28-25(21)27/h5-8,10-14,17,20-21,23-24,29H,9,15-16,18-19,22H2,1-4H3,(H,34,39);3-6,8-14,17,25H,7,15-16,18-20H2,1-2H3,(H,30,35);3-6,8-14,17,26H,7,15-16,18-19H2,1-2H3. The topological polar surface area (TPSA) is 205 Å². The molecule has 3 aliphatic heterocycles. The fourth-order valence-corrected chi connectivity index (χ4v) is 15.3. The van der Waals surface area contributed by atoms with Crippen LogP contribution in [0.15, 0.2) is 219 Å². The number of aromatic nitrogens is 9. The van der Waals surface area contributed by atoms with Crippen LogP contribution in [0.5, 0.6) is 11.5 Å². The fourth-order valence-electron chi connectivity index (χ4n) is 15.3. The van der Waals surface area contributed by atoms with Gasteiger partial charge in [0, 0.05) is 158 Å². The molecule has 3 atom stereocenters. The average molecular weight is 1460 g/mol. The molecule has 0 saturated carbocycles. The van der Waals surface area contributed by atoms with Gasteiger partial charge in [-0.2, -0.15) is 15.3 Å². The first-order valence-corrected chi connectivity index (χ1v) is 38.2. The lowest BCUT2D eigenvalue weighted by Gasteiger charge is -2.30. The second kappa shape index (κ2) is 36.0. The van der Waals surface area contributed by atoms with E-state index in [2.05, 4.69) is 112 Å². The van der Waals surface area contributed by atoms with Crippen LogP contribution in [0.25, 0.3) is 49.8 Å². The van der Waals surface area contributed by atoms with Crippen molar-refractivity contribution in [3.63, 3.8) is 0 Å². The van der Waals surface area contributed by atoms with Gasteiger partial charge in [-0.25, -0.2) is 14.0 Å². The molecule has 22 nitrogen and oxygen atoms in total. The molecule has 564 valence electrons. The van der Waals surface area contributed by atoms with E-state index in [4.69, 9.17) is 29.8 Å². The monoisotopic (exact) mass is 1460 g/mol. The first-order chi connectivity index (χ1) is 53.2. The molecule has 12 aromatic rings. The highest BCUT2D eigenvalue weighted by molar-refractivity contribution is 5.96. The van der Waals surface area contributed by atoms with Gasteiger partial charge in [-0.15, -0.1) is 0 Å². The molecule has 15 rings (SSSR count). The lowest BCUT2D eigenvalue weighted by Crippen LogP contribution is -2.40. The molecule has 3 fully saturated rings. The lowest BCUT2D eigenvalue weighted by atomic mass is 9.99. The van der Waals surface area contributed by atoms with Crippen molar-refractivity contribution in [3.8, 4) is 28.6 Å². The minimum absolute atomic E-state index is 0.0219. The van der Waals surface area contributed by atoms with Crippen LogP contribution in [-0.2, 0) is 14.4 Å². The zero-order valence-corrected chi connectivity index (χ0v) is 63.9. The maximum absolute atomic E-state index is 13.0. The van der Waals surface area contributed by atoms with Crippen LogP contribution in [0.4, 0.5) is 17.1 Å². The molecule has 6 aromatic heterocycles. The number of nitrogens with one attached hydrogen (secondary N) is 2. The summed E-state index contributed by atoms with van der Waals surface area (Å²) in [6.07, 6.45) is 14.7. The molecule has 2 amide bonds. The van der Waals surface area contributed by atoms with Crippen LogP contribution in [0, 0.1) is 0 Å². The smallest absolute Gasteiger partial charge is 0.222 e. The Balaban J connectivity index is 0.000000144. The van der Waals surface area contributed by atoms with Gasteiger partial charge in [0.15, 0.2) is 5.78 Å². The predicted molar refractivity (Wildman–Crippen MR) is 434 cm³/mol. The van der Waals surface area contributed by atoms with Crippen molar-refractivity contribution < 1.29 is 23.9 Å². The highest BCUT2D eigenvalue weighted by Gasteiger charge is 2.33. The van der Waals surface area contributed by atoms with Crippen molar-refractivity contribution >= 4 is 67.4 Å². The van der Waals surface area contributed by atoms with Gasteiger partial charge < -0.3 is 34.8 Å². The summed E-state index contributed by atoms with van der Waals surface area (Å²) in [5.74, 6) is 2.24. The van der Waals surface area contributed by atoms with Crippen molar-refractivity contribution in [1.82, 2.24) is 69.6 Å². The second-order valence-corrected chi connectivity index (χ2v) is 28.8. The van der Waals surface area contributed by atoms with Crippen LogP contribution >= 0.6 is 0 Å². The predicted octanol–water partition coefficient (Wildman–Crippen LogP) is 13.8. The molecule has 2 N–H and O–H groups in total. The number of Topliss-reactive ketones (excluding diaryl/α,β-unsaturated/α-hetero) is 1. The minimum atomic E-state index is -0.363. The SMILES string of the molecule is CC(C)NC(=O)CC(c1ccn(-c2ccccc2)n1)N1CCCN(c2cc(C(C)C)cc3cccnc23)CC1.COc1ccc2cccnc2c1N1CCCN(C(C(C)=O)c2ccn(-c3ccccc3)n2)CC1.COc1ccc2cccnc2c1N1CCCN(C(CNC(C)=O)c2ccn(-c3ccccc3)n2)CC1. The highest BCUT2D eigenvalue weighted by atomic mass is 16.5. The largest absolute Gasteiger partial charge is 0.494 e. The lowest BCUT2D eigenvalue weighted by molar-refractivity contribution is -0.123. The van der Waals surface area contributed by atoms with Crippen molar-refractivity contribution in [1.29, 1.82) is 0 Å². The zero-order chi connectivity index (χ0) is 75.8. The van der Waals surface area contributed by atoms with E-state index in [0.717, 1.165) is 182 Å². The van der Waals surface area contributed by atoms with Gasteiger partial charge in [0.2, 0.25) is 11.8 Å². The Morgan fingerprint density at radius 2 is 0.881 bits per heavy atom. The molecule has 0 aliphatic carbocycles. The first-order valence-electron chi connectivity index (χ1n) is 38.2. The quantitative estimate of drug-likeness (QED) is 0.0686. The molecule has 0 bridgehead atoms. The average Bonchev–Trinajstić information content (AvgIpc) is 1.14. The van der Waals surface area contributed by atoms with Crippen LogP contribution in [0.3, 0.4) is 0 Å². The molecule has 3 aliphatic rings. The van der Waals surface area contributed by atoms with E-state index < -0.39 is 0 Å². The number of para-hydroxylation sites is 3. The van der Waals surface area contributed by atoms with E-state index in [1.807, 2.05) is 199 Å². The number of carbonyl (C=O) groups is 3. The number of fused-ring (bicyclic) bond motifs is 3. The molecule has 22 heteroatoms. The van der Waals surface area contributed by atoms with Gasteiger partial charge in [-0.05, 0) is 161 Å². The molecule has 109 heavy (non-hydrogen) atoms. The molecular formula is C87H101N17O5. The summed E-state index contributed by atoms with van der Waals surface area (Å²) < 4.78 is 17.1. The van der Waals surface area contributed by atoms with Crippen molar-refractivity contribution in [3.05, 3.63) is 242 Å². The van der Waals surface area contributed by atoms with E-state index in [9.17, 15) is 14.4 Å².